The summed E-state index contributed by atoms with van der Waals surface area (Å²) in [7, 11) is -9.17. The molecule has 0 spiro atoms. The number of rotatable bonds is 5. The first kappa shape index (κ1) is 16.3. The van der Waals surface area contributed by atoms with Gasteiger partial charge in [0, 0.05) is 25.5 Å². The van der Waals surface area contributed by atoms with Gasteiger partial charge in [-0.15, -0.1) is 0 Å². The molecule has 0 aromatic heterocycles. The molecule has 0 rings (SSSR count). The highest BCUT2D eigenvalue weighted by atomic mass is 31.2. The van der Waals surface area contributed by atoms with Crippen molar-refractivity contribution in [3.05, 3.63) is 0 Å². The Labute approximate surface area is 98.6 Å². The van der Waals surface area contributed by atoms with Gasteiger partial charge in [0.15, 0.2) is 0 Å². The zero-order valence-electron chi connectivity index (χ0n) is 11.2. The lowest BCUT2D eigenvalue weighted by Gasteiger charge is -2.37. The van der Waals surface area contributed by atoms with Crippen LogP contribution in [0.1, 0.15) is 20.8 Å². The van der Waals surface area contributed by atoms with Crippen LogP contribution in [0.2, 0.25) is 19.6 Å². The molecule has 0 saturated carbocycles. The molecule has 7 heteroatoms. The second-order valence-electron chi connectivity index (χ2n) is 5.10. The van der Waals surface area contributed by atoms with Crippen LogP contribution in [0.25, 0.3) is 0 Å². The first-order chi connectivity index (χ1) is 7.05. The normalized spacial score (nSPS) is 14.1. The maximum atomic E-state index is 13.3. The van der Waals surface area contributed by atoms with E-state index >= 15 is 0 Å². The van der Waals surface area contributed by atoms with Crippen LogP contribution in [-0.4, -0.2) is 37.7 Å². The third-order valence-electron chi connectivity index (χ3n) is 3.19. The van der Waals surface area contributed by atoms with Gasteiger partial charge in [0.05, 0.1) is 0 Å². The van der Waals surface area contributed by atoms with Gasteiger partial charge in [-0.3, -0.25) is 0 Å². The minimum absolute atomic E-state index is 0.672. The van der Waals surface area contributed by atoms with Gasteiger partial charge in [0.1, 0.15) is 0 Å². The fourth-order valence-corrected chi connectivity index (χ4v) is 12.5. The average molecular weight is 273 g/mol. The summed E-state index contributed by atoms with van der Waals surface area (Å²) in [4.78, 5) is 0. The number of hydrogen-bond donors (Lipinski definition) is 0. The molecule has 0 heterocycles. The molecular weight excluding hydrogens is 249 g/mol. The molecule has 0 saturated heterocycles. The lowest BCUT2D eigenvalue weighted by atomic mass is 10.2. The van der Waals surface area contributed by atoms with Crippen molar-refractivity contribution in [1.29, 1.82) is 0 Å². The van der Waals surface area contributed by atoms with E-state index in [1.807, 2.05) is 20.8 Å². The van der Waals surface area contributed by atoms with Crippen LogP contribution in [0.3, 0.4) is 0 Å². The molecule has 16 heavy (non-hydrogen) atoms. The second-order valence-corrected chi connectivity index (χ2v) is 14.8. The molecule has 0 aliphatic rings. The molecule has 0 aromatic rings. The second kappa shape index (κ2) is 5.30. The summed E-state index contributed by atoms with van der Waals surface area (Å²) in [5.41, 5.74) is 0. The van der Waals surface area contributed by atoms with Gasteiger partial charge in [-0.05, 0) is 19.6 Å². The average Bonchev–Trinajstić information content (AvgIpc) is 2.10. The molecule has 0 bridgehead atoms. The third-order valence-corrected chi connectivity index (χ3v) is 12.6. The summed E-state index contributed by atoms with van der Waals surface area (Å²) < 4.78 is 41.0. The summed E-state index contributed by atoms with van der Waals surface area (Å²) in [5.74, 6) is 0. The smallest absolute Gasteiger partial charge is 0.465 e. The first-order valence-corrected chi connectivity index (χ1v) is 11.7. The van der Waals surface area contributed by atoms with E-state index < -0.39 is 22.4 Å². The van der Waals surface area contributed by atoms with Crippen molar-refractivity contribution in [2.75, 3.05) is 18.5 Å². The molecule has 0 fully saturated rings. The van der Waals surface area contributed by atoms with Gasteiger partial charge in [-0.2, -0.15) is 0 Å². The molecule has 0 unspecified atom stereocenters. The highest BCUT2D eigenvalue weighted by Gasteiger charge is 2.51. The number of nitrogens with zero attached hydrogens (tertiary/aromatic N) is 1. The van der Waals surface area contributed by atoms with E-state index in [0.717, 1.165) is 3.90 Å². The Hall–Kier alpha value is 0.302. The predicted molar refractivity (Wildman–Crippen MR) is 71.2 cm³/mol. The van der Waals surface area contributed by atoms with Crippen molar-refractivity contribution < 1.29 is 16.9 Å². The fourth-order valence-electron chi connectivity index (χ4n) is 2.48. The van der Waals surface area contributed by atoms with Crippen molar-refractivity contribution >= 4 is 22.4 Å². The molecule has 0 atom stereocenters. The molecule has 0 amide bonds. The molecule has 1 nitrogen and oxygen atoms in total. The molecule has 0 radical (unpaired) electrons. The zero-order valence-corrected chi connectivity index (χ0v) is 13.1. The van der Waals surface area contributed by atoms with Crippen molar-refractivity contribution in [3.8, 4) is 0 Å². The molecule has 0 aliphatic heterocycles. The predicted octanol–water partition coefficient (Wildman–Crippen LogP) is 4.44. The fraction of sp³-hybridized carbons (Fsp3) is 1.00. The number of halogens is 3. The minimum Gasteiger partial charge on any atom is -0.465 e. The SMILES string of the molecule is CCP(CC)(CC)=[N+]([B-](F)(F)F)[Si](C)(C)C. The van der Waals surface area contributed by atoms with Crippen LogP contribution < -0.4 is 0 Å². The van der Waals surface area contributed by atoms with Gasteiger partial charge < -0.3 is 16.9 Å². The van der Waals surface area contributed by atoms with Gasteiger partial charge in [-0.25, -0.2) is 0 Å². The lowest BCUT2D eigenvalue weighted by Crippen LogP contribution is -2.50. The third kappa shape index (κ3) is 3.39. The Balaban J connectivity index is 6.09. The quantitative estimate of drug-likeness (QED) is 0.514. The van der Waals surface area contributed by atoms with E-state index in [0.29, 0.717) is 18.5 Å². The van der Waals surface area contributed by atoms with Crippen LogP contribution >= 0.6 is 7.05 Å². The van der Waals surface area contributed by atoms with Crippen LogP contribution in [0.15, 0.2) is 0 Å². The Morgan fingerprint density at radius 1 is 0.938 bits per heavy atom. The van der Waals surface area contributed by atoms with Gasteiger partial charge in [0.25, 0.3) is 8.24 Å². The highest BCUT2D eigenvalue weighted by Crippen LogP contribution is 2.51. The van der Waals surface area contributed by atoms with E-state index in [9.17, 15) is 12.9 Å². The van der Waals surface area contributed by atoms with E-state index in [1.54, 1.807) is 19.6 Å². The maximum Gasteiger partial charge on any atom is 0.780 e. The van der Waals surface area contributed by atoms with E-state index in [-0.39, 0.29) is 0 Å². The highest BCUT2D eigenvalue weighted by molar-refractivity contribution is 7.65. The summed E-state index contributed by atoms with van der Waals surface area (Å²) in [6.45, 7) is 11.1. The van der Waals surface area contributed by atoms with Crippen molar-refractivity contribution in [1.82, 2.24) is 0 Å². The molecule has 98 valence electrons. The van der Waals surface area contributed by atoms with Crippen LogP contribution in [0, 0.1) is 0 Å². The van der Waals surface area contributed by atoms with Gasteiger partial charge >= 0.3 is 7.11 Å². The summed E-state index contributed by atoms with van der Waals surface area (Å²) >= 11 is 0. The Morgan fingerprint density at radius 3 is 1.31 bits per heavy atom. The van der Waals surface area contributed by atoms with Crippen LogP contribution in [-0.2, 0) is 0 Å². The van der Waals surface area contributed by atoms with Crippen molar-refractivity contribution in [2.45, 2.75) is 40.4 Å². The van der Waals surface area contributed by atoms with Crippen LogP contribution in [0.4, 0.5) is 12.9 Å². The lowest BCUT2D eigenvalue weighted by molar-refractivity contribution is -0.278. The number of hydrogen-bond acceptors (Lipinski definition) is 0. The molecule has 0 N–H and O–H groups in total. The van der Waals surface area contributed by atoms with Gasteiger partial charge in [-0.1, -0.05) is 20.8 Å². The van der Waals surface area contributed by atoms with E-state index in [4.69, 9.17) is 0 Å². The van der Waals surface area contributed by atoms with Crippen molar-refractivity contribution in [3.63, 3.8) is 0 Å². The van der Waals surface area contributed by atoms with E-state index in [1.165, 1.54) is 0 Å². The largest absolute Gasteiger partial charge is 0.780 e. The topological polar surface area (TPSA) is 3.01 Å². The Kier molecular flexibility index (Phi) is 5.40. The molecule has 0 aromatic carbocycles. The standard InChI is InChI=1S/C9H24BF3NPSi/c1-7-15(8-2,9-3)14(10(11,12)13)16(4,5)6/h7-9H2,1-6H3. The molecular formula is C9H24BF3NPSi. The Morgan fingerprint density at radius 2 is 1.25 bits per heavy atom. The molecule has 0 aliphatic carbocycles. The minimum atomic E-state index is -4.85. The van der Waals surface area contributed by atoms with Crippen LogP contribution in [0.5, 0.6) is 0 Å². The monoisotopic (exact) mass is 273 g/mol. The van der Waals surface area contributed by atoms with E-state index in [2.05, 4.69) is 0 Å². The summed E-state index contributed by atoms with van der Waals surface area (Å²) in [5, 5.41) is 0. The first-order valence-electron chi connectivity index (χ1n) is 5.91. The summed E-state index contributed by atoms with van der Waals surface area (Å²) in [6.07, 6.45) is 2.02. The zero-order chi connectivity index (χ0) is 13.2. The summed E-state index contributed by atoms with van der Waals surface area (Å²) in [6, 6.07) is 0. The maximum absolute atomic E-state index is 13.3. The Bertz CT molecular complexity index is 261. The van der Waals surface area contributed by atoms with Gasteiger partial charge in [0.2, 0.25) is 0 Å². The van der Waals surface area contributed by atoms with Crippen molar-refractivity contribution in [2.24, 2.45) is 0 Å².